The second-order valence-corrected chi connectivity index (χ2v) is 7.61. The van der Waals surface area contributed by atoms with Crippen LogP contribution in [-0.2, 0) is 0 Å². The van der Waals surface area contributed by atoms with Crippen molar-refractivity contribution in [2.45, 2.75) is 122 Å². The lowest BCUT2D eigenvalue weighted by molar-refractivity contribution is -0.0493. The van der Waals surface area contributed by atoms with Gasteiger partial charge >= 0.3 is 0 Å². The van der Waals surface area contributed by atoms with Gasteiger partial charge in [0.05, 0.1) is 6.10 Å². The van der Waals surface area contributed by atoms with Gasteiger partial charge in [-0.2, -0.15) is 0 Å². The predicted molar refractivity (Wildman–Crippen MR) is 100 cm³/mol. The quantitative estimate of drug-likeness (QED) is 0.271. The van der Waals surface area contributed by atoms with Crippen LogP contribution >= 0.6 is 0 Å². The Morgan fingerprint density at radius 2 is 1.13 bits per heavy atom. The number of nitrogens with two attached hydrogens (primary N) is 1. The van der Waals surface area contributed by atoms with Gasteiger partial charge in [-0.3, -0.25) is 0 Å². The van der Waals surface area contributed by atoms with Crippen molar-refractivity contribution in [2.75, 3.05) is 0 Å². The van der Waals surface area contributed by atoms with E-state index in [1.165, 1.54) is 77.0 Å². The van der Waals surface area contributed by atoms with E-state index in [0.717, 1.165) is 12.8 Å². The Kier molecular flexibility index (Phi) is 14.2. The highest BCUT2D eigenvalue weighted by Crippen LogP contribution is 2.20. The van der Waals surface area contributed by atoms with Crippen LogP contribution in [0.15, 0.2) is 0 Å². The lowest BCUT2D eigenvalue weighted by Crippen LogP contribution is -2.47. The Bertz CT molecular complexity index is 251. The zero-order chi connectivity index (χ0) is 17.6. The summed E-state index contributed by atoms with van der Waals surface area (Å²) in [5.74, 6) is -0.278. The molecule has 0 amide bonds. The molecule has 23 heavy (non-hydrogen) atoms. The van der Waals surface area contributed by atoms with Gasteiger partial charge in [0.1, 0.15) is 5.72 Å². The van der Waals surface area contributed by atoms with Crippen LogP contribution in [0.4, 0.5) is 0 Å². The molecule has 0 rings (SSSR count). The van der Waals surface area contributed by atoms with Gasteiger partial charge in [-0.15, -0.1) is 0 Å². The Hall–Kier alpha value is -0.120. The average molecular weight is 330 g/mol. The maximum atomic E-state index is 9.99. The van der Waals surface area contributed by atoms with Crippen LogP contribution in [-0.4, -0.2) is 22.0 Å². The molecule has 0 aliphatic heterocycles. The highest BCUT2D eigenvalue weighted by Gasteiger charge is 2.28. The summed E-state index contributed by atoms with van der Waals surface area (Å²) in [6.45, 7) is 5.64. The third kappa shape index (κ3) is 14.0. The summed E-state index contributed by atoms with van der Waals surface area (Å²) in [5, 5.41) is 19.7. The lowest BCUT2D eigenvalue weighted by atomic mass is 9.90. The molecule has 3 atom stereocenters. The van der Waals surface area contributed by atoms with Crippen molar-refractivity contribution in [3.05, 3.63) is 0 Å². The Labute approximate surface area is 145 Å². The smallest absolute Gasteiger partial charge is 0.115 e. The third-order valence-corrected chi connectivity index (χ3v) is 5.10. The molecule has 3 heteroatoms. The number of aliphatic hydroxyl groups is 2. The molecule has 140 valence electrons. The van der Waals surface area contributed by atoms with Crippen LogP contribution in [0.25, 0.3) is 0 Å². The van der Waals surface area contributed by atoms with Crippen LogP contribution in [0.5, 0.6) is 0 Å². The number of hydrogen-bond acceptors (Lipinski definition) is 3. The van der Waals surface area contributed by atoms with Crippen molar-refractivity contribution in [1.29, 1.82) is 0 Å². The standard InChI is InChI=1S/C20H43NO2/c1-4-5-6-7-8-9-10-11-12-13-14-15-16-17-19(22)18(2)20(3,21)23/h18-19,22-23H,4-17,21H2,1-3H3. The molecular weight excluding hydrogens is 286 g/mol. The minimum Gasteiger partial charge on any atom is -0.393 e. The summed E-state index contributed by atoms with van der Waals surface area (Å²) >= 11 is 0. The molecule has 0 bridgehead atoms. The van der Waals surface area contributed by atoms with Gasteiger partial charge in [-0.1, -0.05) is 97.3 Å². The molecule has 0 aliphatic carbocycles. The highest BCUT2D eigenvalue weighted by molar-refractivity contribution is 4.78. The summed E-state index contributed by atoms with van der Waals surface area (Å²) in [4.78, 5) is 0. The van der Waals surface area contributed by atoms with E-state index < -0.39 is 11.8 Å². The van der Waals surface area contributed by atoms with Gasteiger partial charge in [0.25, 0.3) is 0 Å². The monoisotopic (exact) mass is 329 g/mol. The minimum atomic E-state index is -1.28. The first-order valence-corrected chi connectivity index (χ1v) is 10.1. The average Bonchev–Trinajstić information content (AvgIpc) is 2.50. The van der Waals surface area contributed by atoms with Gasteiger partial charge in [0.15, 0.2) is 0 Å². The molecule has 4 N–H and O–H groups in total. The van der Waals surface area contributed by atoms with Crippen molar-refractivity contribution in [3.63, 3.8) is 0 Å². The van der Waals surface area contributed by atoms with Gasteiger partial charge in [0, 0.05) is 5.92 Å². The van der Waals surface area contributed by atoms with E-state index in [4.69, 9.17) is 5.73 Å². The third-order valence-electron chi connectivity index (χ3n) is 5.10. The molecule has 0 fully saturated rings. The van der Waals surface area contributed by atoms with Crippen molar-refractivity contribution in [1.82, 2.24) is 0 Å². The highest BCUT2D eigenvalue weighted by atomic mass is 16.3. The molecule has 3 unspecified atom stereocenters. The van der Waals surface area contributed by atoms with Gasteiger partial charge in [-0.05, 0) is 13.3 Å². The molecule has 0 aromatic heterocycles. The van der Waals surface area contributed by atoms with E-state index in [1.54, 1.807) is 6.92 Å². The van der Waals surface area contributed by atoms with E-state index in [0.29, 0.717) is 0 Å². The second kappa shape index (κ2) is 14.2. The molecule has 0 saturated carbocycles. The molecule has 0 aliphatic rings. The van der Waals surface area contributed by atoms with Crippen molar-refractivity contribution in [2.24, 2.45) is 11.7 Å². The molecule has 0 aromatic carbocycles. The first-order valence-electron chi connectivity index (χ1n) is 10.1. The van der Waals surface area contributed by atoms with Crippen molar-refractivity contribution >= 4 is 0 Å². The van der Waals surface area contributed by atoms with Crippen molar-refractivity contribution < 1.29 is 10.2 Å². The van der Waals surface area contributed by atoms with Crippen LogP contribution in [0, 0.1) is 5.92 Å². The van der Waals surface area contributed by atoms with Crippen molar-refractivity contribution in [3.8, 4) is 0 Å². The SMILES string of the molecule is CCCCCCCCCCCCCCCC(O)C(C)C(C)(N)O. The van der Waals surface area contributed by atoms with Gasteiger partial charge < -0.3 is 15.9 Å². The normalized spacial score (nSPS) is 17.0. The molecule has 3 nitrogen and oxygen atoms in total. The van der Waals surface area contributed by atoms with E-state index in [9.17, 15) is 10.2 Å². The summed E-state index contributed by atoms with van der Waals surface area (Å²) in [6, 6.07) is 0. The Morgan fingerprint density at radius 3 is 1.48 bits per heavy atom. The zero-order valence-corrected chi connectivity index (χ0v) is 16.0. The van der Waals surface area contributed by atoms with Crippen LogP contribution in [0.3, 0.4) is 0 Å². The predicted octanol–water partition coefficient (Wildman–Crippen LogP) is 5.13. The van der Waals surface area contributed by atoms with Crippen LogP contribution < -0.4 is 5.73 Å². The number of hydrogen-bond donors (Lipinski definition) is 3. The van der Waals surface area contributed by atoms with Gasteiger partial charge in [-0.25, -0.2) is 0 Å². The van der Waals surface area contributed by atoms with Gasteiger partial charge in [0.2, 0.25) is 0 Å². The summed E-state index contributed by atoms with van der Waals surface area (Å²) < 4.78 is 0. The molecule has 0 saturated heterocycles. The molecule has 0 spiro atoms. The molecule has 0 aromatic rings. The molecule has 0 radical (unpaired) electrons. The van der Waals surface area contributed by atoms with E-state index in [1.807, 2.05) is 6.92 Å². The number of unbranched alkanes of at least 4 members (excludes halogenated alkanes) is 12. The topological polar surface area (TPSA) is 66.5 Å². The molecular formula is C20H43NO2. The Balaban J connectivity index is 3.28. The summed E-state index contributed by atoms with van der Waals surface area (Å²) in [7, 11) is 0. The molecule has 0 heterocycles. The van der Waals surface area contributed by atoms with Crippen LogP contribution in [0.1, 0.15) is 111 Å². The van der Waals surface area contributed by atoms with E-state index in [-0.39, 0.29) is 5.92 Å². The minimum absolute atomic E-state index is 0.278. The fourth-order valence-corrected chi connectivity index (χ4v) is 3.01. The second-order valence-electron chi connectivity index (χ2n) is 7.61. The first-order chi connectivity index (χ1) is 10.9. The fourth-order valence-electron chi connectivity index (χ4n) is 3.01. The first kappa shape index (κ1) is 22.9. The largest absolute Gasteiger partial charge is 0.393 e. The zero-order valence-electron chi connectivity index (χ0n) is 16.0. The Morgan fingerprint density at radius 1 is 0.783 bits per heavy atom. The lowest BCUT2D eigenvalue weighted by Gasteiger charge is -2.29. The number of aliphatic hydroxyl groups excluding tert-OH is 1. The van der Waals surface area contributed by atoms with Crippen LogP contribution in [0.2, 0.25) is 0 Å². The van der Waals surface area contributed by atoms with E-state index >= 15 is 0 Å². The fraction of sp³-hybridized carbons (Fsp3) is 1.00. The summed E-state index contributed by atoms with van der Waals surface area (Å²) in [5.41, 5.74) is 4.34. The maximum Gasteiger partial charge on any atom is 0.115 e. The number of rotatable bonds is 16. The maximum absolute atomic E-state index is 9.99. The summed E-state index contributed by atoms with van der Waals surface area (Å²) in [6.07, 6.45) is 17.5. The van der Waals surface area contributed by atoms with E-state index in [2.05, 4.69) is 6.92 Å².